The smallest absolute Gasteiger partial charge is 0.248 e. The van der Waals surface area contributed by atoms with Crippen LogP contribution in [0.25, 0.3) is 17.2 Å². The maximum atomic E-state index is 13.4. The summed E-state index contributed by atoms with van der Waals surface area (Å²) in [6.07, 6.45) is 2.76. The van der Waals surface area contributed by atoms with Crippen molar-refractivity contribution >= 4 is 27.7 Å². The van der Waals surface area contributed by atoms with Crippen molar-refractivity contribution in [3.05, 3.63) is 89.8 Å². The minimum atomic E-state index is -3.74. The Morgan fingerprint density at radius 2 is 1.71 bits per heavy atom. The van der Waals surface area contributed by atoms with Gasteiger partial charge in [-0.25, -0.2) is 17.5 Å². The van der Waals surface area contributed by atoms with Crippen LogP contribution in [-0.2, 0) is 14.8 Å². The monoisotopic (exact) mass is 477 g/mol. The molecule has 34 heavy (non-hydrogen) atoms. The molecule has 0 spiro atoms. The maximum absolute atomic E-state index is 13.4. The molecule has 2 N–H and O–H groups in total. The Morgan fingerprint density at radius 3 is 2.35 bits per heavy atom. The van der Waals surface area contributed by atoms with Gasteiger partial charge in [-0.2, -0.15) is 5.26 Å². The van der Waals surface area contributed by atoms with E-state index < -0.39 is 27.3 Å². The Hall–Kier alpha value is -3.80. The molecule has 8 heteroatoms. The molecule has 1 amide bonds. The van der Waals surface area contributed by atoms with Gasteiger partial charge in [-0.15, -0.1) is 0 Å². The third-order valence-corrected chi connectivity index (χ3v) is 6.43. The largest absolute Gasteiger partial charge is 0.323 e. The van der Waals surface area contributed by atoms with Crippen molar-refractivity contribution in [2.24, 2.45) is 0 Å². The summed E-state index contributed by atoms with van der Waals surface area (Å²) in [5.41, 5.74) is 1.53. The van der Waals surface area contributed by atoms with Crippen LogP contribution in [0.15, 0.2) is 77.7 Å². The molecule has 6 nitrogen and oxygen atoms in total. The van der Waals surface area contributed by atoms with Gasteiger partial charge in [0, 0.05) is 22.9 Å². The van der Waals surface area contributed by atoms with E-state index in [1.165, 1.54) is 30.4 Å². The number of nitrogens with one attached hydrogen (secondary N) is 2. The second kappa shape index (κ2) is 10.00. The molecule has 0 atom stereocenters. The third-order valence-electron chi connectivity index (χ3n) is 4.62. The molecule has 0 radical (unpaired) electrons. The Bertz CT molecular complexity index is 1380. The predicted molar refractivity (Wildman–Crippen MR) is 131 cm³/mol. The van der Waals surface area contributed by atoms with Crippen LogP contribution in [-0.4, -0.2) is 19.9 Å². The van der Waals surface area contributed by atoms with E-state index in [2.05, 4.69) is 10.0 Å². The summed E-state index contributed by atoms with van der Waals surface area (Å²) in [5.74, 6) is -1.03. The van der Waals surface area contributed by atoms with E-state index in [0.717, 1.165) is 0 Å². The molecule has 174 valence electrons. The van der Waals surface area contributed by atoms with E-state index >= 15 is 0 Å². The summed E-state index contributed by atoms with van der Waals surface area (Å²) in [4.78, 5) is 12.4. The van der Waals surface area contributed by atoms with E-state index in [9.17, 15) is 17.6 Å². The number of carbonyl (C=O) groups excluding carboxylic acids is 1. The Balaban J connectivity index is 1.76. The standard InChI is InChI=1S/C26H24FN3O3S/c1-26(2,3)30-34(32,33)24-7-5-4-6-22(24)19-10-12-21(13-11-19)29-25(31)15-9-18-8-14-23(27)20(16-18)17-28/h4-16,30H,1-3H3,(H,29,31)/b15-9-. The quantitative estimate of drug-likeness (QED) is 0.483. The molecule has 3 aromatic carbocycles. The molecule has 0 saturated heterocycles. The van der Waals surface area contributed by atoms with Crippen molar-refractivity contribution in [2.75, 3.05) is 5.32 Å². The lowest BCUT2D eigenvalue weighted by atomic mass is 10.1. The van der Waals surface area contributed by atoms with Crippen LogP contribution in [0, 0.1) is 17.1 Å². The third kappa shape index (κ3) is 6.38. The number of anilines is 1. The lowest BCUT2D eigenvalue weighted by Gasteiger charge is -2.21. The van der Waals surface area contributed by atoms with Gasteiger partial charge in [0.1, 0.15) is 11.9 Å². The molecule has 0 unspecified atom stereocenters. The summed E-state index contributed by atoms with van der Waals surface area (Å²) in [6, 6.07) is 19.3. The second-order valence-corrected chi connectivity index (χ2v) is 10.3. The van der Waals surface area contributed by atoms with Crippen LogP contribution in [0.5, 0.6) is 0 Å². The number of sulfonamides is 1. The number of carbonyl (C=O) groups is 1. The molecular weight excluding hydrogens is 453 g/mol. The normalized spacial score (nSPS) is 11.9. The second-order valence-electron chi connectivity index (χ2n) is 8.60. The first-order valence-electron chi connectivity index (χ1n) is 10.4. The zero-order chi connectivity index (χ0) is 24.9. The van der Waals surface area contributed by atoms with Crippen LogP contribution in [0.3, 0.4) is 0 Å². The molecule has 3 aromatic rings. The van der Waals surface area contributed by atoms with Gasteiger partial charge in [-0.05, 0) is 68.3 Å². The highest BCUT2D eigenvalue weighted by Gasteiger charge is 2.24. The van der Waals surface area contributed by atoms with Crippen LogP contribution in [0.1, 0.15) is 31.9 Å². The first kappa shape index (κ1) is 24.8. The Labute approximate surface area is 198 Å². The topological polar surface area (TPSA) is 99.1 Å². The molecule has 0 bridgehead atoms. The highest BCUT2D eigenvalue weighted by atomic mass is 32.2. The maximum Gasteiger partial charge on any atom is 0.248 e. The minimum Gasteiger partial charge on any atom is -0.323 e. The molecule has 3 rings (SSSR count). The lowest BCUT2D eigenvalue weighted by Crippen LogP contribution is -2.40. The van der Waals surface area contributed by atoms with Crippen molar-refractivity contribution in [1.29, 1.82) is 5.26 Å². The van der Waals surface area contributed by atoms with Gasteiger partial charge in [-0.1, -0.05) is 36.4 Å². The fourth-order valence-electron chi connectivity index (χ4n) is 3.22. The average molecular weight is 478 g/mol. The Kier molecular flexibility index (Phi) is 7.30. The first-order chi connectivity index (χ1) is 16.0. The molecule has 0 fully saturated rings. The molecular formula is C26H24FN3O3S. The molecule has 0 aliphatic heterocycles. The van der Waals surface area contributed by atoms with Gasteiger partial charge in [0.2, 0.25) is 15.9 Å². The van der Waals surface area contributed by atoms with Gasteiger partial charge >= 0.3 is 0 Å². The van der Waals surface area contributed by atoms with Crippen molar-refractivity contribution in [3.63, 3.8) is 0 Å². The number of hydrogen-bond donors (Lipinski definition) is 2. The minimum absolute atomic E-state index is 0.0989. The van der Waals surface area contributed by atoms with Crippen LogP contribution >= 0.6 is 0 Å². The van der Waals surface area contributed by atoms with Gasteiger partial charge in [0.05, 0.1) is 10.5 Å². The number of amides is 1. The van der Waals surface area contributed by atoms with E-state index in [0.29, 0.717) is 22.4 Å². The number of hydrogen-bond acceptors (Lipinski definition) is 4. The summed E-state index contributed by atoms with van der Waals surface area (Å²) in [6.45, 7) is 5.33. The van der Waals surface area contributed by atoms with Crippen LogP contribution in [0.2, 0.25) is 0 Å². The zero-order valence-electron chi connectivity index (χ0n) is 19.0. The van der Waals surface area contributed by atoms with E-state index in [-0.39, 0.29) is 10.5 Å². The summed E-state index contributed by atoms with van der Waals surface area (Å²) < 4.78 is 41.9. The predicted octanol–water partition coefficient (Wildman–Crippen LogP) is 5.09. The summed E-state index contributed by atoms with van der Waals surface area (Å²) >= 11 is 0. The number of nitrogens with zero attached hydrogens (tertiary/aromatic N) is 1. The van der Waals surface area contributed by atoms with Crippen molar-refractivity contribution in [3.8, 4) is 17.2 Å². The molecule has 0 saturated carbocycles. The number of rotatable bonds is 6. The number of benzene rings is 3. The summed E-state index contributed by atoms with van der Waals surface area (Å²) in [5, 5.41) is 11.6. The van der Waals surface area contributed by atoms with Gasteiger partial charge in [0.15, 0.2) is 0 Å². The highest BCUT2D eigenvalue weighted by Crippen LogP contribution is 2.29. The van der Waals surface area contributed by atoms with E-state index in [1.54, 1.807) is 75.4 Å². The van der Waals surface area contributed by atoms with Crippen LogP contribution in [0.4, 0.5) is 10.1 Å². The first-order valence-corrected chi connectivity index (χ1v) is 11.9. The molecule has 0 aliphatic carbocycles. The van der Waals surface area contributed by atoms with Crippen molar-refractivity contribution in [1.82, 2.24) is 4.72 Å². The fraction of sp³-hybridized carbons (Fsp3) is 0.154. The van der Waals surface area contributed by atoms with Gasteiger partial charge in [-0.3, -0.25) is 4.79 Å². The van der Waals surface area contributed by atoms with E-state index in [1.807, 2.05) is 0 Å². The van der Waals surface area contributed by atoms with E-state index in [4.69, 9.17) is 5.26 Å². The van der Waals surface area contributed by atoms with Crippen molar-refractivity contribution < 1.29 is 17.6 Å². The summed E-state index contributed by atoms with van der Waals surface area (Å²) in [7, 11) is -3.74. The lowest BCUT2D eigenvalue weighted by molar-refractivity contribution is -0.111. The van der Waals surface area contributed by atoms with Gasteiger partial charge < -0.3 is 5.32 Å². The molecule has 0 aromatic heterocycles. The van der Waals surface area contributed by atoms with Crippen molar-refractivity contribution in [2.45, 2.75) is 31.2 Å². The van der Waals surface area contributed by atoms with Crippen LogP contribution < -0.4 is 10.0 Å². The average Bonchev–Trinajstić information content (AvgIpc) is 2.77. The Morgan fingerprint density at radius 1 is 1.03 bits per heavy atom. The number of nitriles is 1. The fourth-order valence-corrected chi connectivity index (χ4v) is 4.87. The molecule has 0 heterocycles. The SMILES string of the molecule is CC(C)(C)NS(=O)(=O)c1ccccc1-c1ccc(NC(=O)/C=C\c2ccc(F)c(C#N)c2)cc1. The number of halogens is 1. The van der Waals surface area contributed by atoms with Gasteiger partial charge in [0.25, 0.3) is 0 Å². The zero-order valence-corrected chi connectivity index (χ0v) is 19.8. The molecule has 0 aliphatic rings. The highest BCUT2D eigenvalue weighted by molar-refractivity contribution is 7.89.